The maximum absolute atomic E-state index is 11.9. The monoisotopic (exact) mass is 224 g/mol. The number of H-pyrrole nitrogens is 1. The molecular weight excluding hydrogens is 208 g/mol. The second kappa shape index (κ2) is 4.52. The fourth-order valence-corrected chi connectivity index (χ4v) is 1.83. The maximum Gasteiger partial charge on any atom is 0.257 e. The van der Waals surface area contributed by atoms with Gasteiger partial charge in [-0.1, -0.05) is 0 Å². The molecule has 0 bridgehead atoms. The molecule has 1 aromatic heterocycles. The van der Waals surface area contributed by atoms with E-state index in [0.717, 1.165) is 12.8 Å². The zero-order valence-electron chi connectivity index (χ0n) is 9.25. The van der Waals surface area contributed by atoms with Gasteiger partial charge in [0.1, 0.15) is 5.56 Å². The highest BCUT2D eigenvalue weighted by molar-refractivity contribution is 5.99. The fourth-order valence-electron chi connectivity index (χ4n) is 1.83. The molecule has 1 aliphatic rings. The van der Waals surface area contributed by atoms with E-state index < -0.39 is 0 Å². The van der Waals surface area contributed by atoms with Crippen molar-refractivity contribution >= 4 is 11.7 Å². The van der Waals surface area contributed by atoms with Gasteiger partial charge < -0.3 is 15.8 Å². The fraction of sp³-hybridized carbons (Fsp3) is 0.600. The van der Waals surface area contributed by atoms with E-state index in [1.165, 1.54) is 0 Å². The number of aromatic amines is 1. The molecule has 0 atom stereocenters. The first-order chi connectivity index (χ1) is 7.68. The molecule has 1 saturated heterocycles. The van der Waals surface area contributed by atoms with Crippen LogP contribution in [0.15, 0.2) is 0 Å². The number of carbonyl (C=O) groups is 1. The highest BCUT2D eigenvalue weighted by Crippen LogP contribution is 2.14. The summed E-state index contributed by atoms with van der Waals surface area (Å²) in [4.78, 5) is 11.9. The molecule has 0 saturated carbocycles. The van der Waals surface area contributed by atoms with Gasteiger partial charge in [0.25, 0.3) is 5.91 Å². The predicted octanol–water partition coefficient (Wildman–Crippen LogP) is 0.209. The SMILES string of the molecule is Cc1[nH]nc(N)c1C(=O)NC1CCOCC1. The highest BCUT2D eigenvalue weighted by Gasteiger charge is 2.21. The standard InChI is InChI=1S/C10H16N4O2/c1-6-8(9(11)14-13-6)10(15)12-7-2-4-16-5-3-7/h7H,2-5H2,1H3,(H,12,15)(H3,11,13,14). The minimum Gasteiger partial charge on any atom is -0.382 e. The Kier molecular flexibility index (Phi) is 3.09. The number of carbonyl (C=O) groups excluding carboxylic acids is 1. The molecule has 16 heavy (non-hydrogen) atoms. The third kappa shape index (κ3) is 2.16. The lowest BCUT2D eigenvalue weighted by molar-refractivity contribution is 0.0696. The van der Waals surface area contributed by atoms with Gasteiger partial charge in [-0.15, -0.1) is 0 Å². The van der Waals surface area contributed by atoms with Crippen LogP contribution >= 0.6 is 0 Å². The zero-order chi connectivity index (χ0) is 11.5. The number of anilines is 1. The number of hydrogen-bond donors (Lipinski definition) is 3. The van der Waals surface area contributed by atoms with Crippen molar-refractivity contribution < 1.29 is 9.53 Å². The van der Waals surface area contributed by atoms with Crippen molar-refractivity contribution in [1.29, 1.82) is 0 Å². The molecule has 1 aromatic rings. The van der Waals surface area contributed by atoms with E-state index >= 15 is 0 Å². The normalized spacial score (nSPS) is 17.3. The van der Waals surface area contributed by atoms with Crippen molar-refractivity contribution in [3.05, 3.63) is 11.3 Å². The maximum atomic E-state index is 11.9. The van der Waals surface area contributed by atoms with Crippen LogP contribution in [0.25, 0.3) is 0 Å². The Balaban J connectivity index is 2.02. The largest absolute Gasteiger partial charge is 0.382 e. The molecule has 1 amide bonds. The number of nitrogens with zero attached hydrogens (tertiary/aromatic N) is 1. The van der Waals surface area contributed by atoms with Gasteiger partial charge in [0.15, 0.2) is 5.82 Å². The van der Waals surface area contributed by atoms with Gasteiger partial charge in [0, 0.05) is 24.9 Å². The summed E-state index contributed by atoms with van der Waals surface area (Å²) in [5.74, 6) is 0.0951. The molecule has 0 aliphatic carbocycles. The van der Waals surface area contributed by atoms with Crippen molar-refractivity contribution in [1.82, 2.24) is 15.5 Å². The lowest BCUT2D eigenvalue weighted by atomic mass is 10.1. The summed E-state index contributed by atoms with van der Waals surface area (Å²) in [6.07, 6.45) is 1.70. The summed E-state index contributed by atoms with van der Waals surface area (Å²) in [6, 6.07) is 0.176. The van der Waals surface area contributed by atoms with Crippen LogP contribution in [-0.2, 0) is 4.74 Å². The molecule has 2 heterocycles. The third-order valence-electron chi connectivity index (χ3n) is 2.76. The molecule has 1 aliphatic heterocycles. The molecule has 88 valence electrons. The van der Waals surface area contributed by atoms with Crippen LogP contribution in [-0.4, -0.2) is 35.4 Å². The number of aromatic nitrogens is 2. The van der Waals surface area contributed by atoms with E-state index in [9.17, 15) is 4.79 Å². The van der Waals surface area contributed by atoms with Crippen molar-refractivity contribution in [3.63, 3.8) is 0 Å². The third-order valence-corrected chi connectivity index (χ3v) is 2.76. The molecule has 0 aromatic carbocycles. The Labute approximate surface area is 93.5 Å². The van der Waals surface area contributed by atoms with Crippen molar-refractivity contribution in [2.45, 2.75) is 25.8 Å². The van der Waals surface area contributed by atoms with Crippen LogP contribution in [0.2, 0.25) is 0 Å². The smallest absolute Gasteiger partial charge is 0.257 e. The first-order valence-electron chi connectivity index (χ1n) is 5.37. The molecule has 2 rings (SSSR count). The van der Waals surface area contributed by atoms with Gasteiger partial charge in [-0.05, 0) is 19.8 Å². The van der Waals surface area contributed by atoms with Gasteiger partial charge >= 0.3 is 0 Å². The Hall–Kier alpha value is -1.56. The van der Waals surface area contributed by atoms with Gasteiger partial charge in [-0.3, -0.25) is 9.89 Å². The Bertz CT molecular complexity index is 363. The Morgan fingerprint density at radius 1 is 1.56 bits per heavy atom. The summed E-state index contributed by atoms with van der Waals surface area (Å²) in [7, 11) is 0. The van der Waals surface area contributed by atoms with Crippen molar-refractivity contribution in [2.24, 2.45) is 0 Å². The average molecular weight is 224 g/mol. The van der Waals surface area contributed by atoms with E-state index in [1.807, 2.05) is 0 Å². The van der Waals surface area contributed by atoms with Crippen molar-refractivity contribution in [3.8, 4) is 0 Å². The molecule has 1 fully saturated rings. The van der Waals surface area contributed by atoms with Gasteiger partial charge in [-0.2, -0.15) is 5.10 Å². The van der Waals surface area contributed by atoms with Crippen LogP contribution in [0, 0.1) is 6.92 Å². The number of rotatable bonds is 2. The van der Waals surface area contributed by atoms with Crippen LogP contribution in [0.3, 0.4) is 0 Å². The molecule has 0 spiro atoms. The molecule has 6 heteroatoms. The summed E-state index contributed by atoms with van der Waals surface area (Å²) >= 11 is 0. The molecule has 6 nitrogen and oxygen atoms in total. The number of amides is 1. The number of nitrogens with two attached hydrogens (primary N) is 1. The van der Waals surface area contributed by atoms with Crippen LogP contribution in [0.5, 0.6) is 0 Å². The number of ether oxygens (including phenoxy) is 1. The molecule has 0 unspecified atom stereocenters. The summed E-state index contributed by atoms with van der Waals surface area (Å²) in [6.45, 7) is 3.18. The lowest BCUT2D eigenvalue weighted by Crippen LogP contribution is -2.39. The molecular formula is C10H16N4O2. The minimum atomic E-state index is -0.157. The van der Waals surface area contributed by atoms with E-state index in [1.54, 1.807) is 6.92 Å². The molecule has 0 radical (unpaired) electrons. The van der Waals surface area contributed by atoms with Crippen LogP contribution in [0.1, 0.15) is 28.9 Å². The second-order valence-electron chi connectivity index (χ2n) is 3.97. The number of hydrogen-bond acceptors (Lipinski definition) is 4. The summed E-state index contributed by atoms with van der Waals surface area (Å²) < 4.78 is 5.22. The van der Waals surface area contributed by atoms with Crippen LogP contribution < -0.4 is 11.1 Å². The summed E-state index contributed by atoms with van der Waals surface area (Å²) in [5.41, 5.74) is 6.77. The second-order valence-corrected chi connectivity index (χ2v) is 3.97. The van der Waals surface area contributed by atoms with E-state index in [-0.39, 0.29) is 17.8 Å². The van der Waals surface area contributed by atoms with E-state index in [2.05, 4.69) is 15.5 Å². The molecule has 4 N–H and O–H groups in total. The summed E-state index contributed by atoms with van der Waals surface area (Å²) in [5, 5.41) is 9.44. The van der Waals surface area contributed by atoms with Gasteiger partial charge in [0.2, 0.25) is 0 Å². The van der Waals surface area contributed by atoms with Gasteiger partial charge in [0.05, 0.1) is 0 Å². The average Bonchev–Trinajstić information content (AvgIpc) is 2.60. The highest BCUT2D eigenvalue weighted by atomic mass is 16.5. The first-order valence-corrected chi connectivity index (χ1v) is 5.37. The van der Waals surface area contributed by atoms with Crippen molar-refractivity contribution in [2.75, 3.05) is 18.9 Å². The minimum absolute atomic E-state index is 0.157. The van der Waals surface area contributed by atoms with E-state index in [0.29, 0.717) is 24.5 Å². The number of nitrogen functional groups attached to an aromatic ring is 1. The number of nitrogens with one attached hydrogen (secondary N) is 2. The van der Waals surface area contributed by atoms with Crippen LogP contribution in [0.4, 0.5) is 5.82 Å². The predicted molar refractivity (Wildman–Crippen MR) is 59.0 cm³/mol. The lowest BCUT2D eigenvalue weighted by Gasteiger charge is -2.23. The number of aryl methyl sites for hydroxylation is 1. The topological polar surface area (TPSA) is 93.0 Å². The quantitative estimate of drug-likeness (QED) is 0.669. The Morgan fingerprint density at radius 3 is 2.81 bits per heavy atom. The first kappa shape index (κ1) is 10.9. The van der Waals surface area contributed by atoms with E-state index in [4.69, 9.17) is 10.5 Å². The Morgan fingerprint density at radius 2 is 2.25 bits per heavy atom. The van der Waals surface area contributed by atoms with Gasteiger partial charge in [-0.25, -0.2) is 0 Å². The zero-order valence-corrected chi connectivity index (χ0v) is 9.25.